The van der Waals surface area contributed by atoms with Gasteiger partial charge in [0.05, 0.1) is 10.5 Å². The number of carbonyl (C=O) groups is 4. The van der Waals surface area contributed by atoms with Crippen LogP contribution in [0.15, 0.2) is 41.3 Å². The molecule has 13 nitrogen and oxygen atoms in total. The van der Waals surface area contributed by atoms with E-state index >= 15 is 0 Å². The lowest BCUT2D eigenvalue weighted by atomic mass is 10.0. The third-order valence-corrected chi connectivity index (χ3v) is 8.56. The van der Waals surface area contributed by atoms with Gasteiger partial charge in [-0.3, -0.25) is 29.3 Å². The normalized spacial score (nSPS) is 20.1. The van der Waals surface area contributed by atoms with Crippen LogP contribution < -0.4 is 27.4 Å². The molecule has 0 fully saturated rings. The summed E-state index contributed by atoms with van der Waals surface area (Å²) in [5, 5.41) is 29.0. The number of hydrogen-bond donors (Lipinski definition) is 6. The summed E-state index contributed by atoms with van der Waals surface area (Å²) in [5.41, 5.74) is 11.4. The minimum atomic E-state index is -1.18. The number of nitro benzene ring substituents is 1. The number of fused-ring (bicyclic) bond motifs is 1. The van der Waals surface area contributed by atoms with Gasteiger partial charge in [0.1, 0.15) is 23.9 Å². The van der Waals surface area contributed by atoms with Gasteiger partial charge in [-0.1, -0.05) is 12.1 Å². The number of primary amides is 1. The first kappa shape index (κ1) is 31.1. The van der Waals surface area contributed by atoms with Gasteiger partial charge in [0, 0.05) is 32.8 Å². The van der Waals surface area contributed by atoms with E-state index < -0.39 is 46.7 Å². The average molecular weight is 685 g/mol. The number of benzene rings is 2. The summed E-state index contributed by atoms with van der Waals surface area (Å²) in [6.45, 7) is 0.368. The molecule has 1 aliphatic heterocycles. The highest BCUT2D eigenvalue weighted by Crippen LogP contribution is 2.33. The Hall–Kier alpha value is -3.44. The molecule has 1 heterocycles. The minimum Gasteiger partial charge on any atom is -0.508 e. The first-order valence-corrected chi connectivity index (χ1v) is 14.4. The number of carbonyl (C=O) groups excluding carboxylic acids is 4. The molecule has 15 heteroatoms. The highest BCUT2D eigenvalue weighted by atomic mass is 127. The van der Waals surface area contributed by atoms with Crippen LogP contribution in [-0.4, -0.2) is 64.1 Å². The van der Waals surface area contributed by atoms with Crippen molar-refractivity contribution in [2.45, 2.75) is 48.7 Å². The number of non-ortho nitro benzene ring substituents is 1. The fraction of sp³-hybridized carbons (Fsp3) is 0.360. The number of aromatic hydroxyl groups is 1. The number of rotatable bonds is 8. The van der Waals surface area contributed by atoms with Crippen molar-refractivity contribution in [3.63, 3.8) is 0 Å². The maximum atomic E-state index is 13.5. The fourth-order valence-corrected chi connectivity index (χ4v) is 6.14. The van der Waals surface area contributed by atoms with E-state index in [-0.39, 0.29) is 35.6 Å². The minimum absolute atomic E-state index is 0.0181. The molecule has 40 heavy (non-hydrogen) atoms. The molecule has 0 aliphatic carbocycles. The van der Waals surface area contributed by atoms with Crippen LogP contribution in [0.5, 0.6) is 5.75 Å². The van der Waals surface area contributed by atoms with E-state index in [1.807, 2.05) is 22.6 Å². The number of phenolic OH excluding ortho intramolecular Hbond substituents is 1. The van der Waals surface area contributed by atoms with E-state index in [0.29, 0.717) is 33.4 Å². The third kappa shape index (κ3) is 8.28. The summed E-state index contributed by atoms with van der Waals surface area (Å²) in [4.78, 5) is 63.7. The highest BCUT2D eigenvalue weighted by Gasteiger charge is 2.32. The molecule has 8 N–H and O–H groups in total. The number of amides is 4. The van der Waals surface area contributed by atoms with Gasteiger partial charge < -0.3 is 32.5 Å². The lowest BCUT2D eigenvalue weighted by Crippen LogP contribution is -2.57. The van der Waals surface area contributed by atoms with E-state index in [4.69, 9.17) is 11.5 Å². The monoisotopic (exact) mass is 684 g/mol. The Labute approximate surface area is 247 Å². The molecule has 2 aromatic rings. The van der Waals surface area contributed by atoms with Gasteiger partial charge in [-0.15, -0.1) is 11.8 Å². The molecule has 0 radical (unpaired) electrons. The first-order valence-electron chi connectivity index (χ1n) is 12.3. The lowest BCUT2D eigenvalue weighted by Gasteiger charge is -2.24. The molecular formula is C25H29IN6O7S. The number of nitrogens with one attached hydrogen (secondary N) is 3. The number of thioether (sulfide) groups is 1. The number of hydrogen-bond acceptors (Lipinski definition) is 9. The van der Waals surface area contributed by atoms with Crippen LogP contribution in [0.1, 0.15) is 35.2 Å². The van der Waals surface area contributed by atoms with Crippen molar-refractivity contribution in [3.8, 4) is 5.75 Å². The maximum absolute atomic E-state index is 13.5. The quantitative estimate of drug-likeness (QED) is 0.101. The molecule has 0 bridgehead atoms. The van der Waals surface area contributed by atoms with Gasteiger partial charge in [-0.2, -0.15) is 0 Å². The van der Waals surface area contributed by atoms with Gasteiger partial charge in [-0.05, 0) is 66.1 Å². The topological polar surface area (TPSA) is 220 Å². The van der Waals surface area contributed by atoms with E-state index in [9.17, 15) is 34.4 Å². The number of nitro groups is 1. The van der Waals surface area contributed by atoms with E-state index in [1.165, 1.54) is 18.2 Å². The van der Waals surface area contributed by atoms with Crippen LogP contribution in [0, 0.1) is 13.7 Å². The average Bonchev–Trinajstić information content (AvgIpc) is 2.91. The number of nitrogens with zero attached hydrogens (tertiary/aromatic N) is 1. The van der Waals surface area contributed by atoms with Crippen molar-refractivity contribution >= 4 is 63.7 Å². The Bertz CT molecular complexity index is 1290. The van der Waals surface area contributed by atoms with E-state index in [0.717, 1.165) is 17.8 Å². The first-order chi connectivity index (χ1) is 19.0. The summed E-state index contributed by atoms with van der Waals surface area (Å²) in [5.74, 6) is -2.94. The Kier molecular flexibility index (Phi) is 11.1. The molecule has 3 rings (SSSR count). The fourth-order valence-electron chi connectivity index (χ4n) is 3.98. The van der Waals surface area contributed by atoms with Crippen LogP contribution in [-0.2, 0) is 20.8 Å². The molecule has 0 aromatic heterocycles. The Morgan fingerprint density at radius 1 is 1.07 bits per heavy atom. The number of halogens is 1. The Balaban J connectivity index is 2.05. The van der Waals surface area contributed by atoms with Crippen LogP contribution in [0.25, 0.3) is 0 Å². The zero-order valence-corrected chi connectivity index (χ0v) is 24.2. The van der Waals surface area contributed by atoms with Gasteiger partial charge in [0.25, 0.3) is 11.6 Å². The van der Waals surface area contributed by atoms with Crippen molar-refractivity contribution in [2.75, 3.05) is 12.3 Å². The standard InChI is InChI=1S/C25H29IN6O7S/c26-17-11-14(32(38)39)10-16-21(17)40-12-20(22(28)34)31-25(37)19(9-13-4-6-15(33)7-5-13)30-24(36)18(29-23(16)35)3-1-2-8-27/h4-7,10-11,18-20,33H,1-3,8-9,12,27H2,(H2,28,34)(H,29,35)(H,30,36)(H,31,37)/t18-,19-,20-/m0/s1. The van der Waals surface area contributed by atoms with Crippen LogP contribution in [0.2, 0.25) is 0 Å². The molecule has 0 saturated carbocycles. The van der Waals surface area contributed by atoms with Crippen molar-refractivity contribution in [1.29, 1.82) is 0 Å². The Morgan fingerprint density at radius 2 is 1.75 bits per heavy atom. The van der Waals surface area contributed by atoms with Crippen LogP contribution in [0.3, 0.4) is 0 Å². The summed E-state index contributed by atoms with van der Waals surface area (Å²) < 4.78 is 0.376. The zero-order chi connectivity index (χ0) is 29.4. The summed E-state index contributed by atoms with van der Waals surface area (Å²) >= 11 is 2.88. The molecule has 214 valence electrons. The second-order valence-corrected chi connectivity index (χ2v) is 11.3. The van der Waals surface area contributed by atoms with Crippen molar-refractivity contribution in [1.82, 2.24) is 16.0 Å². The highest BCUT2D eigenvalue weighted by molar-refractivity contribution is 14.1. The molecule has 2 aromatic carbocycles. The Morgan fingerprint density at radius 3 is 2.38 bits per heavy atom. The van der Waals surface area contributed by atoms with Crippen LogP contribution in [0.4, 0.5) is 5.69 Å². The van der Waals surface area contributed by atoms with Crippen LogP contribution >= 0.6 is 34.4 Å². The largest absolute Gasteiger partial charge is 0.508 e. The van der Waals surface area contributed by atoms with E-state index in [1.54, 1.807) is 12.1 Å². The van der Waals surface area contributed by atoms with Gasteiger partial charge in [0.2, 0.25) is 17.7 Å². The molecule has 0 saturated heterocycles. The predicted octanol–water partition coefficient (Wildman–Crippen LogP) is 0.936. The van der Waals surface area contributed by atoms with Crippen molar-refractivity contribution in [3.05, 3.63) is 61.2 Å². The summed E-state index contributed by atoms with van der Waals surface area (Å²) in [7, 11) is 0. The maximum Gasteiger partial charge on any atom is 0.271 e. The smallest absolute Gasteiger partial charge is 0.271 e. The third-order valence-electron chi connectivity index (χ3n) is 6.12. The van der Waals surface area contributed by atoms with E-state index in [2.05, 4.69) is 16.0 Å². The molecule has 0 unspecified atom stereocenters. The second-order valence-electron chi connectivity index (χ2n) is 9.08. The van der Waals surface area contributed by atoms with Gasteiger partial charge in [0.15, 0.2) is 0 Å². The summed E-state index contributed by atoms with van der Waals surface area (Å²) in [6, 6.07) is 5.02. The zero-order valence-electron chi connectivity index (χ0n) is 21.2. The second kappa shape index (κ2) is 14.3. The van der Waals surface area contributed by atoms with Crippen molar-refractivity contribution in [2.24, 2.45) is 11.5 Å². The van der Waals surface area contributed by atoms with Crippen molar-refractivity contribution < 1.29 is 29.2 Å². The summed E-state index contributed by atoms with van der Waals surface area (Å²) in [6.07, 6.45) is 1.28. The molecule has 0 spiro atoms. The molecule has 4 amide bonds. The predicted molar refractivity (Wildman–Crippen MR) is 156 cm³/mol. The van der Waals surface area contributed by atoms with Gasteiger partial charge in [-0.25, -0.2) is 0 Å². The SMILES string of the molecule is NCCCC[C@@H]1NC(=O)c2cc([N+](=O)[O-])cc(I)c2SC[C@@H](C(N)=O)NC(=O)[C@H](Cc2ccc(O)cc2)NC1=O. The number of phenols is 1. The molecular weight excluding hydrogens is 655 g/mol. The molecule has 1 aliphatic rings. The number of nitrogens with two attached hydrogens (primary N) is 2. The lowest BCUT2D eigenvalue weighted by molar-refractivity contribution is -0.385. The van der Waals surface area contributed by atoms with Gasteiger partial charge >= 0.3 is 0 Å². The number of unbranched alkanes of at least 4 members (excludes halogenated alkanes) is 1. The molecule has 3 atom stereocenters.